The maximum absolute atomic E-state index is 13.9. The summed E-state index contributed by atoms with van der Waals surface area (Å²) in [5, 5.41) is 6.83. The summed E-state index contributed by atoms with van der Waals surface area (Å²) >= 11 is 0. The van der Waals surface area contributed by atoms with Crippen LogP contribution in [0.4, 0.5) is 10.3 Å². The van der Waals surface area contributed by atoms with E-state index in [0.717, 1.165) is 11.1 Å². The molecular weight excluding hydrogens is 359 g/mol. The molecule has 1 unspecified atom stereocenters. The van der Waals surface area contributed by atoms with Crippen molar-refractivity contribution in [2.75, 3.05) is 11.9 Å². The number of benzene rings is 2. The maximum Gasteiger partial charge on any atom is 0.231 e. The van der Waals surface area contributed by atoms with E-state index in [1.54, 1.807) is 18.2 Å². The highest BCUT2D eigenvalue weighted by Crippen LogP contribution is 2.28. The van der Waals surface area contributed by atoms with Gasteiger partial charge in [0.25, 0.3) is 0 Å². The number of ketones is 1. The Bertz CT molecular complexity index is 996. The van der Waals surface area contributed by atoms with Crippen molar-refractivity contribution >= 4 is 17.6 Å². The molecule has 3 rings (SSSR count). The quantitative estimate of drug-likeness (QED) is 0.499. The first-order valence-corrected chi connectivity index (χ1v) is 8.82. The fourth-order valence-corrected chi connectivity index (χ4v) is 2.73. The van der Waals surface area contributed by atoms with Gasteiger partial charge in [-0.3, -0.25) is 10.1 Å². The van der Waals surface area contributed by atoms with Gasteiger partial charge in [0.2, 0.25) is 5.88 Å². The molecule has 2 aromatic carbocycles. The minimum Gasteiger partial charge on any atom is -0.370 e. The van der Waals surface area contributed by atoms with Crippen LogP contribution in [0.2, 0.25) is 0 Å². The van der Waals surface area contributed by atoms with Crippen molar-refractivity contribution in [3.8, 4) is 11.1 Å². The molecule has 0 aliphatic heterocycles. The van der Waals surface area contributed by atoms with Gasteiger partial charge in [-0.15, -0.1) is 0 Å². The molecule has 0 saturated heterocycles. The summed E-state index contributed by atoms with van der Waals surface area (Å²) in [6, 6.07) is 16.1. The zero-order chi connectivity index (χ0) is 20.1. The number of nitrogens with one attached hydrogen (secondary N) is 1. The van der Waals surface area contributed by atoms with E-state index in [0.29, 0.717) is 17.1 Å². The van der Waals surface area contributed by atoms with Gasteiger partial charge in [0, 0.05) is 17.5 Å². The van der Waals surface area contributed by atoms with Crippen LogP contribution in [0.25, 0.3) is 11.1 Å². The molecule has 1 atom stereocenters. The molecule has 0 fully saturated rings. The number of guanidine groups is 1. The first-order valence-electron chi connectivity index (χ1n) is 8.82. The molecule has 0 amide bonds. The summed E-state index contributed by atoms with van der Waals surface area (Å²) in [5.41, 5.74) is 8.80. The van der Waals surface area contributed by atoms with Crippen molar-refractivity contribution in [1.82, 2.24) is 5.16 Å². The highest BCUT2D eigenvalue weighted by Gasteiger charge is 2.15. The van der Waals surface area contributed by atoms with E-state index in [4.69, 9.17) is 10.3 Å². The first-order chi connectivity index (χ1) is 13.4. The van der Waals surface area contributed by atoms with Crippen LogP contribution in [0, 0.1) is 5.82 Å². The van der Waals surface area contributed by atoms with Crippen molar-refractivity contribution in [2.24, 2.45) is 10.7 Å². The number of carbonyl (C=O) groups is 1. The minimum absolute atomic E-state index is 0.00455. The summed E-state index contributed by atoms with van der Waals surface area (Å²) in [7, 11) is 0. The van der Waals surface area contributed by atoms with E-state index in [2.05, 4.69) is 15.5 Å². The second-order valence-electron chi connectivity index (χ2n) is 6.47. The normalized spacial score (nSPS) is 12.6. The molecule has 0 saturated carbocycles. The predicted molar refractivity (Wildman–Crippen MR) is 107 cm³/mol. The molecular formula is C21H21FN4O2. The van der Waals surface area contributed by atoms with Crippen molar-refractivity contribution in [3.63, 3.8) is 0 Å². The molecule has 0 radical (unpaired) electrons. The van der Waals surface area contributed by atoms with E-state index in [9.17, 15) is 9.18 Å². The van der Waals surface area contributed by atoms with Gasteiger partial charge in [-0.25, -0.2) is 9.38 Å². The van der Waals surface area contributed by atoms with E-state index >= 15 is 0 Å². The van der Waals surface area contributed by atoms with Gasteiger partial charge in [0.15, 0.2) is 11.7 Å². The molecule has 1 aromatic heterocycles. The topological polar surface area (TPSA) is 93.5 Å². The smallest absolute Gasteiger partial charge is 0.231 e. The standard InChI is InChI=1S/C21H21FN4O2/c1-13(27)12-24-21(23)25-20-11-19(26-28-20)14(2)15-7-9-16(10-8-15)17-5-3-4-6-18(17)22/h3-11,14H,12H2,1-2H3,(H3,23,24,25). The number of aromatic nitrogens is 1. The summed E-state index contributed by atoms with van der Waals surface area (Å²) in [6.45, 7) is 3.43. The summed E-state index contributed by atoms with van der Waals surface area (Å²) in [5.74, 6) is 0.0498. The molecule has 3 N–H and O–H groups in total. The number of hydrogen-bond donors (Lipinski definition) is 2. The first kappa shape index (κ1) is 19.3. The lowest BCUT2D eigenvalue weighted by Gasteiger charge is -2.10. The number of anilines is 1. The Hall–Kier alpha value is -3.48. The molecule has 3 aromatic rings. The van der Waals surface area contributed by atoms with Crippen LogP contribution >= 0.6 is 0 Å². The van der Waals surface area contributed by atoms with Crippen molar-refractivity contribution in [2.45, 2.75) is 19.8 Å². The zero-order valence-electron chi connectivity index (χ0n) is 15.6. The fourth-order valence-electron chi connectivity index (χ4n) is 2.73. The van der Waals surface area contributed by atoms with Crippen molar-refractivity contribution in [1.29, 1.82) is 0 Å². The van der Waals surface area contributed by atoms with E-state index in [1.807, 2.05) is 37.3 Å². The monoisotopic (exact) mass is 380 g/mol. The lowest BCUT2D eigenvalue weighted by Crippen LogP contribution is -2.23. The average molecular weight is 380 g/mol. The number of rotatable bonds is 6. The van der Waals surface area contributed by atoms with Crippen molar-refractivity contribution < 1.29 is 13.7 Å². The number of halogens is 1. The van der Waals surface area contributed by atoms with Crippen LogP contribution in [-0.4, -0.2) is 23.4 Å². The predicted octanol–water partition coefficient (Wildman–Crippen LogP) is 3.95. The molecule has 1 heterocycles. The number of aliphatic imine (C=N–C) groups is 1. The summed E-state index contributed by atoms with van der Waals surface area (Å²) in [6.07, 6.45) is 0. The van der Waals surface area contributed by atoms with Crippen LogP contribution in [0.5, 0.6) is 0 Å². The van der Waals surface area contributed by atoms with Crippen LogP contribution < -0.4 is 11.1 Å². The van der Waals surface area contributed by atoms with Crippen LogP contribution in [0.3, 0.4) is 0 Å². The summed E-state index contributed by atoms with van der Waals surface area (Å²) < 4.78 is 19.2. The van der Waals surface area contributed by atoms with Crippen LogP contribution in [0.1, 0.15) is 31.0 Å². The second-order valence-corrected chi connectivity index (χ2v) is 6.47. The molecule has 7 heteroatoms. The van der Waals surface area contributed by atoms with Gasteiger partial charge in [0.1, 0.15) is 12.4 Å². The van der Waals surface area contributed by atoms with Gasteiger partial charge < -0.3 is 10.3 Å². The van der Waals surface area contributed by atoms with Gasteiger partial charge in [-0.05, 0) is 24.1 Å². The summed E-state index contributed by atoms with van der Waals surface area (Å²) in [4.78, 5) is 14.8. The largest absolute Gasteiger partial charge is 0.370 e. The number of carbonyl (C=O) groups excluding carboxylic acids is 1. The highest BCUT2D eigenvalue weighted by molar-refractivity contribution is 5.92. The SMILES string of the molecule is CC(=O)CN=C(N)Nc1cc(C(C)c2ccc(-c3ccccc3F)cc2)no1. The van der Waals surface area contributed by atoms with Gasteiger partial charge in [0.05, 0.1) is 5.69 Å². The van der Waals surface area contributed by atoms with E-state index in [1.165, 1.54) is 13.0 Å². The molecule has 0 bridgehead atoms. The third-order valence-corrected chi connectivity index (χ3v) is 4.29. The number of nitrogens with zero attached hydrogens (tertiary/aromatic N) is 2. The van der Waals surface area contributed by atoms with E-state index in [-0.39, 0.29) is 30.0 Å². The average Bonchev–Trinajstić information content (AvgIpc) is 3.15. The molecule has 144 valence electrons. The van der Waals surface area contributed by atoms with Gasteiger partial charge >= 0.3 is 0 Å². The minimum atomic E-state index is -0.250. The lowest BCUT2D eigenvalue weighted by atomic mass is 9.95. The number of hydrogen-bond acceptors (Lipinski definition) is 4. The highest BCUT2D eigenvalue weighted by atomic mass is 19.1. The maximum atomic E-state index is 13.9. The molecule has 0 spiro atoms. The lowest BCUT2D eigenvalue weighted by molar-refractivity contribution is -0.115. The Labute approximate surface area is 162 Å². The Kier molecular flexibility index (Phi) is 5.84. The third-order valence-electron chi connectivity index (χ3n) is 4.29. The van der Waals surface area contributed by atoms with Crippen molar-refractivity contribution in [3.05, 3.63) is 71.7 Å². The van der Waals surface area contributed by atoms with Gasteiger partial charge in [-0.1, -0.05) is 54.5 Å². The van der Waals surface area contributed by atoms with Crippen LogP contribution in [-0.2, 0) is 4.79 Å². The molecule has 0 aliphatic carbocycles. The van der Waals surface area contributed by atoms with E-state index < -0.39 is 0 Å². The third kappa shape index (κ3) is 4.62. The van der Waals surface area contributed by atoms with Crippen LogP contribution in [0.15, 0.2) is 64.1 Å². The number of nitrogens with two attached hydrogens (primary N) is 1. The molecule has 6 nitrogen and oxygen atoms in total. The molecule has 0 aliphatic rings. The fraction of sp³-hybridized carbons (Fsp3) is 0.190. The Balaban J connectivity index is 1.72. The second kappa shape index (κ2) is 8.47. The Morgan fingerprint density at radius 2 is 1.96 bits per heavy atom. The van der Waals surface area contributed by atoms with Gasteiger partial charge in [-0.2, -0.15) is 0 Å². The Morgan fingerprint density at radius 3 is 2.64 bits per heavy atom. The molecule has 28 heavy (non-hydrogen) atoms. The number of Topliss-reactive ketones (excluding diaryl/α,β-unsaturated/α-hetero) is 1. The zero-order valence-corrected chi connectivity index (χ0v) is 15.6. The Morgan fingerprint density at radius 1 is 1.25 bits per heavy atom.